The maximum atomic E-state index is 12.0. The lowest BCUT2D eigenvalue weighted by molar-refractivity contribution is 0.197. The van der Waals surface area contributed by atoms with Crippen molar-refractivity contribution < 1.29 is 13.2 Å². The van der Waals surface area contributed by atoms with E-state index in [4.69, 9.17) is 0 Å². The van der Waals surface area contributed by atoms with E-state index in [1.165, 1.54) is 0 Å². The second-order valence-electron chi connectivity index (χ2n) is 4.72. The molecule has 1 saturated heterocycles. The number of sulfone groups is 1. The molecule has 1 N–H and O–H groups in total. The first-order valence-electron chi connectivity index (χ1n) is 5.90. The van der Waals surface area contributed by atoms with Gasteiger partial charge in [-0.15, -0.1) is 6.58 Å². The molecule has 1 atom stereocenters. The van der Waals surface area contributed by atoms with E-state index in [2.05, 4.69) is 11.9 Å². The minimum absolute atomic E-state index is 0.0747. The molecule has 2 rings (SSSR count). The predicted octanol–water partition coefficient (Wildman–Crippen LogP) is 0.533. The fourth-order valence-electron chi connectivity index (χ4n) is 2.09. The van der Waals surface area contributed by atoms with Crippen LogP contribution in [-0.2, 0) is 9.84 Å². The van der Waals surface area contributed by atoms with Crippen molar-refractivity contribution in [2.24, 2.45) is 0 Å². The van der Waals surface area contributed by atoms with Crippen molar-refractivity contribution in [2.45, 2.75) is 31.3 Å². The largest absolute Gasteiger partial charge is 0.334 e. The highest BCUT2D eigenvalue weighted by Gasteiger charge is 2.34. The molecule has 0 aromatic rings. The number of amides is 2. The van der Waals surface area contributed by atoms with Gasteiger partial charge in [0.1, 0.15) is 0 Å². The molecule has 5 nitrogen and oxygen atoms in total. The molecule has 0 radical (unpaired) electrons. The third-order valence-corrected chi connectivity index (χ3v) is 4.90. The molecular formula is C11H18N2O3S. The highest BCUT2D eigenvalue weighted by Crippen LogP contribution is 2.26. The zero-order valence-electron chi connectivity index (χ0n) is 9.76. The average Bonchev–Trinajstić information content (AvgIpc) is 3.01. The Hall–Kier alpha value is -1.04. The normalized spacial score (nSPS) is 26.5. The maximum absolute atomic E-state index is 12.0. The van der Waals surface area contributed by atoms with Gasteiger partial charge in [-0.05, 0) is 19.3 Å². The Labute approximate surface area is 102 Å². The van der Waals surface area contributed by atoms with E-state index in [1.807, 2.05) is 0 Å². The van der Waals surface area contributed by atoms with Gasteiger partial charge in [0, 0.05) is 18.6 Å². The fourth-order valence-corrected chi connectivity index (χ4v) is 3.76. The summed E-state index contributed by atoms with van der Waals surface area (Å²) >= 11 is 0. The first-order chi connectivity index (χ1) is 8.02. The van der Waals surface area contributed by atoms with Crippen LogP contribution in [0.3, 0.4) is 0 Å². The number of nitrogens with zero attached hydrogens (tertiary/aromatic N) is 1. The first-order valence-corrected chi connectivity index (χ1v) is 7.72. The van der Waals surface area contributed by atoms with Gasteiger partial charge in [-0.2, -0.15) is 0 Å². The van der Waals surface area contributed by atoms with Gasteiger partial charge in [-0.25, -0.2) is 13.2 Å². The molecule has 0 spiro atoms. The van der Waals surface area contributed by atoms with E-state index < -0.39 is 9.84 Å². The molecule has 2 aliphatic rings. The number of carbonyl (C=O) groups excluding carboxylic acids is 1. The molecule has 1 aliphatic heterocycles. The smallest absolute Gasteiger partial charge is 0.318 e. The minimum atomic E-state index is -2.94. The standard InChI is InChI=1S/C11H18N2O3S/c1-2-6-13(10-3-4-10)11(14)12-9-5-7-17(15,16)8-9/h2,9-10H,1,3-8H2,(H,12,14)/t9-/m1/s1. The second kappa shape index (κ2) is 4.68. The van der Waals surface area contributed by atoms with Crippen LogP contribution < -0.4 is 5.32 Å². The summed E-state index contributed by atoms with van der Waals surface area (Å²) in [6.45, 7) is 4.15. The summed E-state index contributed by atoms with van der Waals surface area (Å²) in [5.74, 6) is 0.258. The number of carbonyl (C=O) groups is 1. The molecule has 96 valence electrons. The van der Waals surface area contributed by atoms with Crippen LogP contribution in [-0.4, -0.2) is 49.5 Å². The Morgan fingerprint density at radius 2 is 2.12 bits per heavy atom. The van der Waals surface area contributed by atoms with Crippen molar-refractivity contribution in [1.29, 1.82) is 0 Å². The van der Waals surface area contributed by atoms with Crippen LogP contribution in [0.15, 0.2) is 12.7 Å². The Morgan fingerprint density at radius 3 is 2.59 bits per heavy atom. The summed E-state index contributed by atoms with van der Waals surface area (Å²) < 4.78 is 22.6. The Morgan fingerprint density at radius 1 is 1.41 bits per heavy atom. The molecule has 1 saturated carbocycles. The molecule has 1 aliphatic carbocycles. The molecule has 2 fully saturated rings. The lowest BCUT2D eigenvalue weighted by Crippen LogP contribution is -2.46. The Balaban J connectivity index is 1.89. The van der Waals surface area contributed by atoms with E-state index in [-0.39, 0.29) is 23.6 Å². The van der Waals surface area contributed by atoms with E-state index in [0.717, 1.165) is 12.8 Å². The van der Waals surface area contributed by atoms with Gasteiger partial charge in [0.2, 0.25) is 0 Å². The van der Waals surface area contributed by atoms with Gasteiger partial charge < -0.3 is 10.2 Å². The molecule has 6 heteroatoms. The second-order valence-corrected chi connectivity index (χ2v) is 6.95. The zero-order valence-corrected chi connectivity index (χ0v) is 10.6. The van der Waals surface area contributed by atoms with Crippen LogP contribution in [0.1, 0.15) is 19.3 Å². The summed E-state index contributed by atoms with van der Waals surface area (Å²) in [5.41, 5.74) is 0. The van der Waals surface area contributed by atoms with Crippen LogP contribution >= 0.6 is 0 Å². The van der Waals surface area contributed by atoms with Gasteiger partial charge in [0.15, 0.2) is 9.84 Å². The highest BCUT2D eigenvalue weighted by atomic mass is 32.2. The van der Waals surface area contributed by atoms with Crippen LogP contribution in [0, 0.1) is 0 Å². The molecule has 17 heavy (non-hydrogen) atoms. The third-order valence-electron chi connectivity index (χ3n) is 3.13. The summed E-state index contributed by atoms with van der Waals surface area (Å²) in [4.78, 5) is 13.7. The van der Waals surface area contributed by atoms with E-state index >= 15 is 0 Å². The van der Waals surface area contributed by atoms with E-state index in [0.29, 0.717) is 19.0 Å². The van der Waals surface area contributed by atoms with Crippen LogP contribution in [0.5, 0.6) is 0 Å². The van der Waals surface area contributed by atoms with Gasteiger partial charge >= 0.3 is 6.03 Å². The maximum Gasteiger partial charge on any atom is 0.318 e. The van der Waals surface area contributed by atoms with Gasteiger partial charge in [0.25, 0.3) is 0 Å². The highest BCUT2D eigenvalue weighted by molar-refractivity contribution is 7.91. The van der Waals surface area contributed by atoms with Crippen LogP contribution in [0.2, 0.25) is 0 Å². The lowest BCUT2D eigenvalue weighted by Gasteiger charge is -2.23. The van der Waals surface area contributed by atoms with Crippen molar-refractivity contribution in [3.63, 3.8) is 0 Å². The minimum Gasteiger partial charge on any atom is -0.334 e. The van der Waals surface area contributed by atoms with Crippen LogP contribution in [0.4, 0.5) is 4.79 Å². The number of urea groups is 1. The van der Waals surface area contributed by atoms with Gasteiger partial charge in [-0.3, -0.25) is 0 Å². The molecule has 1 heterocycles. The van der Waals surface area contributed by atoms with Crippen molar-refractivity contribution in [2.75, 3.05) is 18.1 Å². The summed E-state index contributed by atoms with van der Waals surface area (Å²) in [5, 5.41) is 2.80. The first kappa shape index (κ1) is 12.4. The summed E-state index contributed by atoms with van der Waals surface area (Å²) in [6.07, 6.45) is 4.29. The Kier molecular flexibility index (Phi) is 3.42. The molecule has 0 aromatic carbocycles. The third kappa shape index (κ3) is 3.21. The monoisotopic (exact) mass is 258 g/mol. The van der Waals surface area contributed by atoms with Crippen molar-refractivity contribution >= 4 is 15.9 Å². The quantitative estimate of drug-likeness (QED) is 0.748. The van der Waals surface area contributed by atoms with E-state index in [1.54, 1.807) is 11.0 Å². The zero-order chi connectivity index (χ0) is 12.5. The fraction of sp³-hybridized carbons (Fsp3) is 0.727. The molecule has 0 unspecified atom stereocenters. The van der Waals surface area contributed by atoms with Gasteiger partial charge in [0.05, 0.1) is 11.5 Å². The molecule has 0 bridgehead atoms. The predicted molar refractivity (Wildman–Crippen MR) is 65.5 cm³/mol. The number of nitrogens with one attached hydrogen (secondary N) is 1. The topological polar surface area (TPSA) is 66.5 Å². The van der Waals surface area contributed by atoms with Crippen LogP contribution in [0.25, 0.3) is 0 Å². The van der Waals surface area contributed by atoms with Crippen molar-refractivity contribution in [3.05, 3.63) is 12.7 Å². The van der Waals surface area contributed by atoms with Crippen molar-refractivity contribution in [3.8, 4) is 0 Å². The molecule has 0 aromatic heterocycles. The number of hydrogen-bond acceptors (Lipinski definition) is 3. The van der Waals surface area contributed by atoms with Gasteiger partial charge in [-0.1, -0.05) is 6.08 Å². The SMILES string of the molecule is C=CCN(C(=O)N[C@@H]1CCS(=O)(=O)C1)C1CC1. The lowest BCUT2D eigenvalue weighted by atomic mass is 10.3. The van der Waals surface area contributed by atoms with E-state index in [9.17, 15) is 13.2 Å². The average molecular weight is 258 g/mol. The van der Waals surface area contributed by atoms with Crippen molar-refractivity contribution in [1.82, 2.24) is 10.2 Å². The molecular weight excluding hydrogens is 240 g/mol. The summed E-state index contributed by atoms with van der Waals surface area (Å²) in [7, 11) is -2.94. The summed E-state index contributed by atoms with van der Waals surface area (Å²) in [6, 6.07) is -0.0703. The number of hydrogen-bond donors (Lipinski definition) is 1. The Bertz CT molecular complexity index is 414. The molecule has 2 amide bonds. The number of rotatable bonds is 4.